The predicted octanol–water partition coefficient (Wildman–Crippen LogP) is 8.33. The van der Waals surface area contributed by atoms with Crippen molar-refractivity contribution in [2.75, 3.05) is 31.1 Å². The minimum absolute atomic E-state index is 0.00314. The van der Waals surface area contributed by atoms with Crippen LogP contribution in [0.4, 0.5) is 4.39 Å². The van der Waals surface area contributed by atoms with Crippen molar-refractivity contribution < 1.29 is 32.2 Å². The van der Waals surface area contributed by atoms with Crippen molar-refractivity contribution in [1.82, 2.24) is 10.2 Å². The summed E-state index contributed by atoms with van der Waals surface area (Å²) in [4.78, 5) is 27.6. The molecule has 56 heavy (non-hydrogen) atoms. The van der Waals surface area contributed by atoms with Gasteiger partial charge in [-0.2, -0.15) is 0 Å². The minimum atomic E-state index is -3.04. The van der Waals surface area contributed by atoms with Crippen LogP contribution in [0.25, 0.3) is 0 Å². The number of carboxylic acids is 1. The second-order valence-electron chi connectivity index (χ2n) is 23.2. The fraction of sp³-hybridized carbons (Fsp3) is 0.957. The van der Waals surface area contributed by atoms with E-state index in [2.05, 4.69) is 51.8 Å². The summed E-state index contributed by atoms with van der Waals surface area (Å²) in [6, 6.07) is -0.312. The quantitative estimate of drug-likeness (QED) is 0.224. The number of esters is 1. The maximum Gasteiger partial charge on any atom is 0.309 e. The minimum Gasteiger partial charge on any atom is -0.481 e. The molecule has 8 aliphatic rings. The highest BCUT2D eigenvalue weighted by Gasteiger charge is 2.72. The third-order valence-electron chi connectivity index (χ3n) is 20.5. The number of sulfone groups is 1. The molecule has 7 saturated carbocycles. The Kier molecular flexibility index (Phi) is 9.90. The van der Waals surface area contributed by atoms with Crippen LogP contribution >= 0.6 is 0 Å². The van der Waals surface area contributed by atoms with E-state index in [4.69, 9.17) is 4.74 Å². The highest BCUT2D eigenvalue weighted by molar-refractivity contribution is 7.91. The number of ether oxygens (including phenoxy) is 1. The van der Waals surface area contributed by atoms with Gasteiger partial charge in [0.25, 0.3) is 0 Å². The van der Waals surface area contributed by atoms with Crippen LogP contribution in [0.3, 0.4) is 0 Å². The van der Waals surface area contributed by atoms with Gasteiger partial charge in [0.15, 0.2) is 9.84 Å². The topological polar surface area (TPSA) is 113 Å². The molecule has 0 spiro atoms. The van der Waals surface area contributed by atoms with Crippen molar-refractivity contribution in [2.24, 2.45) is 73.9 Å². The molecule has 0 aromatic carbocycles. The molecule has 8 fully saturated rings. The summed E-state index contributed by atoms with van der Waals surface area (Å²) >= 11 is 0. The number of carbonyl (C=O) groups is 2. The van der Waals surface area contributed by atoms with Crippen LogP contribution in [-0.2, 0) is 24.2 Å². The van der Waals surface area contributed by atoms with Crippen LogP contribution < -0.4 is 5.32 Å². The van der Waals surface area contributed by atoms with Crippen molar-refractivity contribution in [3.63, 3.8) is 0 Å². The third kappa shape index (κ3) is 6.05. The van der Waals surface area contributed by atoms with E-state index in [1.165, 1.54) is 44.9 Å². The maximum absolute atomic E-state index is 15.4. The number of aliphatic carboxylic acids is 1. The van der Waals surface area contributed by atoms with E-state index in [9.17, 15) is 23.1 Å². The zero-order valence-electron chi connectivity index (χ0n) is 36.2. The lowest BCUT2D eigenvalue weighted by molar-refractivity contribution is -0.250. The van der Waals surface area contributed by atoms with Crippen molar-refractivity contribution in [1.29, 1.82) is 0 Å². The summed E-state index contributed by atoms with van der Waals surface area (Å²) in [7, 11) is -3.04. The fourth-order valence-corrected chi connectivity index (χ4v) is 17.6. The lowest BCUT2D eigenvalue weighted by Crippen LogP contribution is -2.69. The largest absolute Gasteiger partial charge is 0.481 e. The van der Waals surface area contributed by atoms with Crippen LogP contribution in [0.1, 0.15) is 146 Å². The Morgan fingerprint density at radius 1 is 0.786 bits per heavy atom. The molecule has 0 radical (unpaired) electrons. The van der Waals surface area contributed by atoms with E-state index in [0.29, 0.717) is 61.1 Å². The Balaban J connectivity index is 1.02. The summed E-state index contributed by atoms with van der Waals surface area (Å²) in [6.45, 7) is 22.1. The average Bonchev–Trinajstić information content (AvgIpc) is 3.72. The Morgan fingerprint density at radius 3 is 2.07 bits per heavy atom. The second kappa shape index (κ2) is 13.4. The summed E-state index contributed by atoms with van der Waals surface area (Å²) in [5.41, 5.74) is 0.189. The molecule has 14 atom stereocenters. The van der Waals surface area contributed by atoms with E-state index in [1.807, 2.05) is 13.8 Å². The average molecular weight is 803 g/mol. The zero-order chi connectivity index (χ0) is 40.6. The molecule has 318 valence electrons. The number of rotatable bonds is 9. The first-order chi connectivity index (χ1) is 26.0. The molecule has 0 amide bonds. The molecule has 1 saturated heterocycles. The Bertz CT molecular complexity index is 1680. The molecule has 1 heterocycles. The molecule has 8 rings (SSSR count). The third-order valence-corrected chi connectivity index (χ3v) is 22.1. The molecule has 0 aromatic heterocycles. The van der Waals surface area contributed by atoms with Gasteiger partial charge in [-0.1, -0.05) is 55.4 Å². The number of nitrogens with zero attached hydrogens (tertiary/aromatic N) is 1. The molecule has 0 unspecified atom stereocenters. The van der Waals surface area contributed by atoms with Gasteiger partial charge in [-0.05, 0) is 147 Å². The molecule has 0 aromatic rings. The maximum atomic E-state index is 15.4. The highest BCUT2D eigenvalue weighted by Crippen LogP contribution is 2.78. The summed E-state index contributed by atoms with van der Waals surface area (Å²) in [6.07, 6.45) is 13.3. The van der Waals surface area contributed by atoms with Gasteiger partial charge in [-0.3, -0.25) is 14.5 Å². The van der Waals surface area contributed by atoms with Crippen LogP contribution in [-0.4, -0.2) is 85.4 Å². The van der Waals surface area contributed by atoms with Gasteiger partial charge >= 0.3 is 11.9 Å². The Labute approximate surface area is 337 Å². The van der Waals surface area contributed by atoms with Crippen molar-refractivity contribution in [3.8, 4) is 0 Å². The number of hydrogen-bond donors (Lipinski definition) is 2. The van der Waals surface area contributed by atoms with Crippen LogP contribution in [0.15, 0.2) is 0 Å². The number of halogens is 1. The smallest absolute Gasteiger partial charge is 0.309 e. The monoisotopic (exact) mass is 803 g/mol. The standard InChI is InChI=1S/C46H75FN2O6S/c1-28(47)33(49-22-24-56(53,54)25-23-49)27-48-46-17-12-29(42(6)18-19-42)37(46)30-10-11-35-43(7)15-14-36(55-39(52)32-26-31(38(50)51)40(32,2)3)41(4,5)34(43)13-16-45(35,9)44(30,8)20-21-46/h28-37,48H,10-27H2,1-9H3,(H,50,51)/t28-,29+,30+,31-,32+,33+,34-,35+,36-,37+,43-,44+,45+,46-/m0/s1. The molecule has 10 heteroatoms. The van der Waals surface area contributed by atoms with E-state index in [-0.39, 0.29) is 62.7 Å². The first-order valence-electron chi connectivity index (χ1n) is 22.7. The molecule has 1 aliphatic heterocycles. The van der Waals surface area contributed by atoms with Gasteiger partial charge < -0.3 is 15.2 Å². The first kappa shape index (κ1) is 41.5. The Morgan fingerprint density at radius 2 is 1.46 bits per heavy atom. The number of alkyl halides is 1. The van der Waals surface area contributed by atoms with E-state index >= 15 is 4.39 Å². The van der Waals surface area contributed by atoms with Gasteiger partial charge in [-0.25, -0.2) is 12.8 Å². The summed E-state index contributed by atoms with van der Waals surface area (Å²) < 4.78 is 46.4. The zero-order valence-corrected chi connectivity index (χ0v) is 37.0. The lowest BCUT2D eigenvalue weighted by atomic mass is 9.32. The summed E-state index contributed by atoms with van der Waals surface area (Å²) in [5, 5.41) is 13.9. The van der Waals surface area contributed by atoms with Crippen molar-refractivity contribution in [2.45, 2.75) is 170 Å². The molecule has 8 nitrogen and oxygen atoms in total. The predicted molar refractivity (Wildman–Crippen MR) is 217 cm³/mol. The van der Waals surface area contributed by atoms with Crippen molar-refractivity contribution in [3.05, 3.63) is 0 Å². The number of nitrogens with one attached hydrogen (secondary N) is 1. The lowest BCUT2D eigenvalue weighted by Gasteiger charge is -2.73. The fourth-order valence-electron chi connectivity index (χ4n) is 16.3. The van der Waals surface area contributed by atoms with E-state index in [0.717, 1.165) is 32.1 Å². The van der Waals surface area contributed by atoms with E-state index < -0.39 is 33.3 Å². The van der Waals surface area contributed by atoms with E-state index in [1.54, 1.807) is 6.92 Å². The van der Waals surface area contributed by atoms with Crippen LogP contribution in [0, 0.1) is 73.9 Å². The second-order valence-corrected chi connectivity index (χ2v) is 25.6. The van der Waals surface area contributed by atoms with Crippen LogP contribution in [0.2, 0.25) is 0 Å². The highest BCUT2D eigenvalue weighted by atomic mass is 32.2. The molecule has 7 aliphatic carbocycles. The number of fused-ring (bicyclic) bond motifs is 7. The number of carboxylic acid groups (broad SMARTS) is 1. The van der Waals surface area contributed by atoms with Crippen molar-refractivity contribution >= 4 is 21.8 Å². The van der Waals surface area contributed by atoms with Gasteiger partial charge in [0.1, 0.15) is 12.3 Å². The first-order valence-corrected chi connectivity index (χ1v) is 24.5. The molecule has 2 N–H and O–H groups in total. The SMILES string of the molecule is C[C@H](F)[C@@H](CN[C@]12CC[C@@H](C3(C)CC3)[C@@H]1[C@H]1CC[C@@H]3[C@@]4(C)CC[C@H](OC(=O)[C@H]5C[C@@H](C(=O)O)C5(C)C)C(C)(C)[C@@H]4CC[C@@]3(C)[C@]1(C)CC2)N1CCS(=O)(=O)CC1. The molecular formula is C46H75FN2O6S. The molecular weight excluding hydrogens is 728 g/mol. The van der Waals surface area contributed by atoms with Crippen LogP contribution in [0.5, 0.6) is 0 Å². The summed E-state index contributed by atoms with van der Waals surface area (Å²) in [5.74, 6) is 1.27. The van der Waals surface area contributed by atoms with Gasteiger partial charge in [0.05, 0.1) is 29.4 Å². The normalized spacial score (nSPS) is 48.1. The van der Waals surface area contributed by atoms with Gasteiger partial charge in [-0.15, -0.1) is 0 Å². The van der Waals surface area contributed by atoms with Gasteiger partial charge in [0, 0.05) is 30.6 Å². The molecule has 0 bridgehead atoms. The van der Waals surface area contributed by atoms with Gasteiger partial charge in [0.2, 0.25) is 0 Å². The Hall–Kier alpha value is -1.26. The number of carbonyl (C=O) groups excluding carboxylic acids is 1. The number of hydrogen-bond acceptors (Lipinski definition) is 7.